The van der Waals surface area contributed by atoms with Crippen molar-refractivity contribution >= 4 is 16.8 Å². The largest absolute Gasteiger partial charge is 0.418 e. The van der Waals surface area contributed by atoms with Gasteiger partial charge in [0.15, 0.2) is 5.69 Å². The third-order valence-electron chi connectivity index (χ3n) is 6.07. The minimum absolute atomic E-state index is 0.120. The summed E-state index contributed by atoms with van der Waals surface area (Å²) >= 11 is 0. The topological polar surface area (TPSA) is 73.1 Å². The Balaban J connectivity index is 1.71. The molecule has 0 N–H and O–H groups in total. The van der Waals surface area contributed by atoms with Gasteiger partial charge in [0.05, 0.1) is 34.7 Å². The predicted octanol–water partition coefficient (Wildman–Crippen LogP) is 5.06. The third kappa shape index (κ3) is 4.44. The van der Waals surface area contributed by atoms with Gasteiger partial charge in [0.25, 0.3) is 5.91 Å². The summed E-state index contributed by atoms with van der Waals surface area (Å²) in [5.41, 5.74) is 1.18. The summed E-state index contributed by atoms with van der Waals surface area (Å²) in [4.78, 5) is 23.5. The molecule has 0 spiro atoms. The number of nitrogens with zero attached hydrogens (tertiary/aromatic N) is 5. The molecule has 1 aliphatic heterocycles. The number of hydrogen-bond acceptors (Lipinski definition) is 5. The van der Waals surface area contributed by atoms with Gasteiger partial charge in [-0.2, -0.15) is 18.3 Å². The lowest BCUT2D eigenvalue weighted by molar-refractivity contribution is -0.136. The number of ether oxygens (including phenoxy) is 1. The smallest absolute Gasteiger partial charge is 0.372 e. The van der Waals surface area contributed by atoms with Crippen LogP contribution in [0.5, 0.6) is 0 Å². The fraction of sp³-hybridized carbons (Fsp3) is 0.308. The van der Waals surface area contributed by atoms with Gasteiger partial charge in [-0.3, -0.25) is 14.8 Å². The number of halogens is 3. The fourth-order valence-corrected chi connectivity index (χ4v) is 4.65. The Morgan fingerprint density at radius 2 is 1.83 bits per heavy atom. The van der Waals surface area contributed by atoms with Crippen LogP contribution in [-0.4, -0.2) is 55.9 Å². The second-order valence-corrected chi connectivity index (χ2v) is 9.02. The number of morpholine rings is 1. The Morgan fingerprint density at radius 1 is 1.08 bits per heavy atom. The van der Waals surface area contributed by atoms with E-state index in [2.05, 4.69) is 15.1 Å². The van der Waals surface area contributed by atoms with Crippen molar-refractivity contribution in [1.82, 2.24) is 24.6 Å². The molecule has 1 aromatic carbocycles. The molecule has 7 nitrogen and oxygen atoms in total. The van der Waals surface area contributed by atoms with Crippen molar-refractivity contribution in [2.75, 3.05) is 13.1 Å². The molecule has 2 unspecified atom stereocenters. The van der Waals surface area contributed by atoms with Crippen molar-refractivity contribution in [3.8, 4) is 16.9 Å². The average Bonchev–Trinajstić information content (AvgIpc) is 3.27. The van der Waals surface area contributed by atoms with Gasteiger partial charge in [-0.1, -0.05) is 12.1 Å². The molecule has 1 fully saturated rings. The fourth-order valence-electron chi connectivity index (χ4n) is 4.65. The van der Waals surface area contributed by atoms with Crippen molar-refractivity contribution in [2.24, 2.45) is 0 Å². The summed E-state index contributed by atoms with van der Waals surface area (Å²) in [5, 5.41) is 4.89. The van der Waals surface area contributed by atoms with Crippen molar-refractivity contribution in [1.29, 1.82) is 0 Å². The summed E-state index contributed by atoms with van der Waals surface area (Å²) in [6, 6.07) is 10.8. The summed E-state index contributed by atoms with van der Waals surface area (Å²) in [6.07, 6.45) is -1.57. The molecule has 0 radical (unpaired) electrons. The van der Waals surface area contributed by atoms with Crippen LogP contribution >= 0.6 is 0 Å². The maximum atomic E-state index is 13.8. The number of benzene rings is 1. The first-order valence-electron chi connectivity index (χ1n) is 11.5. The van der Waals surface area contributed by atoms with Crippen LogP contribution < -0.4 is 0 Å². The zero-order chi connectivity index (χ0) is 25.6. The number of hydrogen-bond donors (Lipinski definition) is 0. The van der Waals surface area contributed by atoms with Crippen LogP contribution in [0.15, 0.2) is 54.9 Å². The van der Waals surface area contributed by atoms with Crippen LogP contribution in [0.1, 0.15) is 35.6 Å². The minimum Gasteiger partial charge on any atom is -0.372 e. The molecular formula is C26H24F3N5O2. The van der Waals surface area contributed by atoms with Crippen molar-refractivity contribution in [3.05, 3.63) is 71.8 Å². The van der Waals surface area contributed by atoms with Gasteiger partial charge < -0.3 is 9.64 Å². The lowest BCUT2D eigenvalue weighted by Crippen LogP contribution is -2.48. The predicted molar refractivity (Wildman–Crippen MR) is 128 cm³/mol. The van der Waals surface area contributed by atoms with Gasteiger partial charge in [0.1, 0.15) is 0 Å². The number of fused-ring (bicyclic) bond motifs is 1. The van der Waals surface area contributed by atoms with E-state index in [0.29, 0.717) is 35.7 Å². The average molecular weight is 496 g/mol. The van der Waals surface area contributed by atoms with E-state index in [1.807, 2.05) is 19.9 Å². The van der Waals surface area contributed by atoms with Gasteiger partial charge in [0, 0.05) is 42.1 Å². The van der Waals surface area contributed by atoms with Gasteiger partial charge in [0.2, 0.25) is 0 Å². The maximum Gasteiger partial charge on any atom is 0.418 e. The second kappa shape index (κ2) is 9.02. The van der Waals surface area contributed by atoms with Crippen LogP contribution in [0, 0.1) is 6.92 Å². The number of para-hydroxylation sites is 1. The SMILES string of the molecule is Cc1cc(-n2nc(C(=O)N3CC(C)OC(C)C3)cc2-c2cccnc2)c2cccc(C(F)(F)F)c2n1. The molecule has 1 aliphatic rings. The first-order valence-corrected chi connectivity index (χ1v) is 11.5. The molecule has 4 heterocycles. The molecule has 1 amide bonds. The van der Waals surface area contributed by atoms with E-state index in [-0.39, 0.29) is 34.7 Å². The highest BCUT2D eigenvalue weighted by Crippen LogP contribution is 2.37. The summed E-state index contributed by atoms with van der Waals surface area (Å²) in [6.45, 7) is 6.28. The lowest BCUT2D eigenvalue weighted by atomic mass is 10.1. The first-order chi connectivity index (χ1) is 17.1. The molecule has 36 heavy (non-hydrogen) atoms. The lowest BCUT2D eigenvalue weighted by Gasteiger charge is -2.34. The molecule has 10 heteroatoms. The number of pyridine rings is 2. The van der Waals surface area contributed by atoms with Gasteiger partial charge in [-0.05, 0) is 51.1 Å². The monoisotopic (exact) mass is 495 g/mol. The zero-order valence-electron chi connectivity index (χ0n) is 20.0. The molecule has 0 bridgehead atoms. The van der Waals surface area contributed by atoms with E-state index in [9.17, 15) is 18.0 Å². The molecule has 1 saturated heterocycles. The standard InChI is InChI=1S/C26H24F3N5O2/c1-15-10-23(19-7-4-8-20(24(19)31-15)26(27,28)29)34-22(18-6-5-9-30-12-18)11-21(32-34)25(35)33-13-16(2)36-17(3)14-33/h4-12,16-17H,13-14H2,1-3H3. The molecule has 0 saturated carbocycles. The number of carbonyl (C=O) groups is 1. The van der Waals surface area contributed by atoms with E-state index in [1.165, 1.54) is 10.7 Å². The van der Waals surface area contributed by atoms with Gasteiger partial charge in [-0.15, -0.1) is 0 Å². The highest BCUT2D eigenvalue weighted by Gasteiger charge is 2.34. The van der Waals surface area contributed by atoms with E-state index in [1.54, 1.807) is 48.5 Å². The Bertz CT molecular complexity index is 1430. The highest BCUT2D eigenvalue weighted by molar-refractivity contribution is 5.95. The summed E-state index contributed by atoms with van der Waals surface area (Å²) in [5.74, 6) is -0.271. The summed E-state index contributed by atoms with van der Waals surface area (Å²) < 4.78 is 48.6. The van der Waals surface area contributed by atoms with Crippen LogP contribution in [0.3, 0.4) is 0 Å². The minimum atomic E-state index is -4.57. The van der Waals surface area contributed by atoms with Crippen LogP contribution in [-0.2, 0) is 10.9 Å². The molecule has 2 atom stereocenters. The Kier molecular flexibility index (Phi) is 5.99. The number of aromatic nitrogens is 4. The maximum absolute atomic E-state index is 13.8. The van der Waals surface area contributed by atoms with E-state index in [0.717, 1.165) is 6.07 Å². The normalized spacial score (nSPS) is 18.6. The van der Waals surface area contributed by atoms with E-state index >= 15 is 0 Å². The number of carbonyl (C=O) groups excluding carboxylic acids is 1. The molecule has 3 aromatic heterocycles. The first kappa shape index (κ1) is 23.9. The number of amides is 1. The second-order valence-electron chi connectivity index (χ2n) is 9.02. The van der Waals surface area contributed by atoms with Crippen molar-refractivity contribution < 1.29 is 22.7 Å². The number of rotatable bonds is 3. The zero-order valence-corrected chi connectivity index (χ0v) is 20.0. The van der Waals surface area contributed by atoms with Crippen molar-refractivity contribution in [3.63, 3.8) is 0 Å². The summed E-state index contributed by atoms with van der Waals surface area (Å²) in [7, 11) is 0. The van der Waals surface area contributed by atoms with Crippen LogP contribution in [0.25, 0.3) is 27.8 Å². The van der Waals surface area contributed by atoms with E-state index in [4.69, 9.17) is 4.74 Å². The molecule has 0 aliphatic carbocycles. The Hall–Kier alpha value is -3.79. The molecule has 5 rings (SSSR count). The quantitative estimate of drug-likeness (QED) is 0.397. The van der Waals surface area contributed by atoms with Crippen molar-refractivity contribution in [2.45, 2.75) is 39.2 Å². The molecular weight excluding hydrogens is 471 g/mol. The highest BCUT2D eigenvalue weighted by atomic mass is 19.4. The Labute approximate surface area is 205 Å². The number of aryl methyl sites for hydroxylation is 1. The van der Waals surface area contributed by atoms with E-state index < -0.39 is 11.7 Å². The molecule has 186 valence electrons. The third-order valence-corrected chi connectivity index (χ3v) is 6.07. The van der Waals surface area contributed by atoms with Crippen LogP contribution in [0.2, 0.25) is 0 Å². The number of alkyl halides is 3. The van der Waals surface area contributed by atoms with Gasteiger partial charge in [-0.25, -0.2) is 4.68 Å². The Morgan fingerprint density at radius 3 is 2.50 bits per heavy atom. The van der Waals surface area contributed by atoms with Crippen LogP contribution in [0.4, 0.5) is 13.2 Å². The van der Waals surface area contributed by atoms with Gasteiger partial charge >= 0.3 is 6.18 Å². The molecule has 4 aromatic rings.